The van der Waals surface area contributed by atoms with E-state index in [4.69, 9.17) is 19.9 Å². The Hall–Kier alpha value is -3.18. The number of nitrogens with two attached hydrogens (primary N) is 1. The summed E-state index contributed by atoms with van der Waals surface area (Å²) in [6, 6.07) is 2.33. The molecule has 0 spiro atoms. The third-order valence-electron chi connectivity index (χ3n) is 4.13. The number of nitro benzene ring substituents is 1. The van der Waals surface area contributed by atoms with Crippen molar-refractivity contribution in [3.8, 4) is 11.5 Å². The highest BCUT2D eigenvalue weighted by Crippen LogP contribution is 2.37. The fourth-order valence-electron chi connectivity index (χ4n) is 2.57. The minimum absolute atomic E-state index is 0.105. The Morgan fingerprint density at radius 2 is 1.90 bits per heavy atom. The molecular formula is C18H21N3O7S. The van der Waals surface area contributed by atoms with Gasteiger partial charge in [0.05, 0.1) is 30.3 Å². The molecule has 2 amide bonds. The summed E-state index contributed by atoms with van der Waals surface area (Å²) in [5.41, 5.74) is 5.51. The fraction of sp³-hybridized carbons (Fsp3) is 0.333. The number of nitrogens with one attached hydrogen (secondary N) is 1. The lowest BCUT2D eigenvalue weighted by Gasteiger charge is -2.13. The average Bonchev–Trinajstić information content (AvgIpc) is 2.94. The summed E-state index contributed by atoms with van der Waals surface area (Å²) in [6.07, 6.45) is 0. The van der Waals surface area contributed by atoms with E-state index in [1.165, 1.54) is 20.3 Å². The summed E-state index contributed by atoms with van der Waals surface area (Å²) in [5, 5.41) is 14.3. The molecule has 0 aliphatic rings. The van der Waals surface area contributed by atoms with Gasteiger partial charge in [0.1, 0.15) is 17.2 Å². The Labute approximate surface area is 170 Å². The lowest BCUT2D eigenvalue weighted by molar-refractivity contribution is -0.385. The van der Waals surface area contributed by atoms with Crippen LogP contribution in [-0.2, 0) is 4.74 Å². The number of carbonyl (C=O) groups is 2. The summed E-state index contributed by atoms with van der Waals surface area (Å²) in [7, 11) is 2.84. The number of nitrogens with zero attached hydrogens (tertiary/aromatic N) is 1. The number of methoxy groups -OCH3 is 2. The van der Waals surface area contributed by atoms with Crippen LogP contribution in [0.3, 0.4) is 0 Å². The van der Waals surface area contributed by atoms with Crippen molar-refractivity contribution < 1.29 is 28.7 Å². The SMILES string of the molecule is COCCOc1cc([N+](=O)[O-])c(C(=O)Nc2sc(C)c(C)c2C(N)=O)cc1OC. The van der Waals surface area contributed by atoms with Gasteiger partial charge in [0.15, 0.2) is 11.5 Å². The number of carbonyl (C=O) groups excluding carboxylic acids is 2. The van der Waals surface area contributed by atoms with E-state index in [9.17, 15) is 19.7 Å². The Kier molecular flexibility index (Phi) is 7.13. The van der Waals surface area contributed by atoms with Gasteiger partial charge in [0.2, 0.25) is 0 Å². The van der Waals surface area contributed by atoms with Gasteiger partial charge in [-0.05, 0) is 19.4 Å². The van der Waals surface area contributed by atoms with Gasteiger partial charge in [0, 0.05) is 18.1 Å². The average molecular weight is 423 g/mol. The monoisotopic (exact) mass is 423 g/mol. The van der Waals surface area contributed by atoms with Gasteiger partial charge in [0.25, 0.3) is 17.5 Å². The second kappa shape index (κ2) is 9.34. The standard InChI is InChI=1S/C18H21N3O7S/c1-9-10(2)29-18(15(9)16(19)22)20-17(23)11-7-13(27-4)14(28-6-5-26-3)8-12(11)21(24)25/h7-8H,5-6H2,1-4H3,(H2,19,22)(H,20,23). The molecule has 156 valence electrons. The largest absolute Gasteiger partial charge is 0.493 e. The Bertz CT molecular complexity index is 955. The molecule has 0 bridgehead atoms. The molecule has 0 aliphatic heterocycles. The van der Waals surface area contributed by atoms with Crippen LogP contribution >= 0.6 is 11.3 Å². The highest BCUT2D eigenvalue weighted by molar-refractivity contribution is 7.16. The molecular weight excluding hydrogens is 402 g/mol. The lowest BCUT2D eigenvalue weighted by atomic mass is 10.1. The molecule has 29 heavy (non-hydrogen) atoms. The van der Waals surface area contributed by atoms with Crippen LogP contribution in [0.1, 0.15) is 31.2 Å². The summed E-state index contributed by atoms with van der Waals surface area (Å²) in [4.78, 5) is 36.2. The second-order valence-corrected chi connectivity index (χ2v) is 7.15. The van der Waals surface area contributed by atoms with E-state index in [1.54, 1.807) is 13.8 Å². The zero-order valence-electron chi connectivity index (χ0n) is 16.4. The van der Waals surface area contributed by atoms with Crippen LogP contribution in [0.25, 0.3) is 0 Å². The third-order valence-corrected chi connectivity index (χ3v) is 5.25. The second-order valence-electron chi connectivity index (χ2n) is 5.92. The predicted molar refractivity (Wildman–Crippen MR) is 107 cm³/mol. The smallest absolute Gasteiger partial charge is 0.286 e. The quantitative estimate of drug-likeness (QED) is 0.358. The van der Waals surface area contributed by atoms with E-state index in [1.807, 2.05) is 0 Å². The van der Waals surface area contributed by atoms with Crippen LogP contribution in [0, 0.1) is 24.0 Å². The van der Waals surface area contributed by atoms with Crippen LogP contribution in [0.2, 0.25) is 0 Å². The van der Waals surface area contributed by atoms with Crippen molar-refractivity contribution in [1.82, 2.24) is 0 Å². The first-order chi connectivity index (χ1) is 13.7. The Morgan fingerprint density at radius 3 is 2.45 bits per heavy atom. The first-order valence-electron chi connectivity index (χ1n) is 8.40. The maximum absolute atomic E-state index is 12.8. The molecule has 1 aromatic heterocycles. The zero-order chi connectivity index (χ0) is 21.7. The zero-order valence-corrected chi connectivity index (χ0v) is 17.2. The van der Waals surface area contributed by atoms with Crippen molar-refractivity contribution in [3.63, 3.8) is 0 Å². The van der Waals surface area contributed by atoms with E-state index in [2.05, 4.69) is 5.32 Å². The topological polar surface area (TPSA) is 143 Å². The number of amides is 2. The van der Waals surface area contributed by atoms with E-state index < -0.39 is 22.4 Å². The van der Waals surface area contributed by atoms with Crippen molar-refractivity contribution in [3.05, 3.63) is 43.8 Å². The maximum Gasteiger partial charge on any atom is 0.286 e. The molecule has 0 atom stereocenters. The normalized spacial score (nSPS) is 10.5. The molecule has 0 saturated heterocycles. The molecule has 2 aromatic rings. The molecule has 1 aromatic carbocycles. The summed E-state index contributed by atoms with van der Waals surface area (Å²) >= 11 is 1.16. The number of nitro groups is 1. The van der Waals surface area contributed by atoms with Gasteiger partial charge in [-0.3, -0.25) is 19.7 Å². The minimum atomic E-state index is -0.776. The number of aryl methyl sites for hydroxylation is 1. The number of rotatable bonds is 9. The van der Waals surface area contributed by atoms with Gasteiger partial charge in [-0.1, -0.05) is 0 Å². The number of anilines is 1. The Morgan fingerprint density at radius 1 is 1.21 bits per heavy atom. The molecule has 0 aliphatic carbocycles. The van der Waals surface area contributed by atoms with E-state index in [0.717, 1.165) is 22.3 Å². The fourth-order valence-corrected chi connectivity index (χ4v) is 3.63. The highest BCUT2D eigenvalue weighted by atomic mass is 32.1. The number of primary amides is 1. The van der Waals surface area contributed by atoms with E-state index in [0.29, 0.717) is 5.56 Å². The van der Waals surface area contributed by atoms with Gasteiger partial charge < -0.3 is 25.3 Å². The van der Waals surface area contributed by atoms with Gasteiger partial charge in [-0.2, -0.15) is 0 Å². The van der Waals surface area contributed by atoms with Crippen molar-refractivity contribution in [2.24, 2.45) is 5.73 Å². The highest BCUT2D eigenvalue weighted by Gasteiger charge is 2.27. The lowest BCUT2D eigenvalue weighted by Crippen LogP contribution is -2.18. The molecule has 11 heteroatoms. The first kappa shape index (κ1) is 22.1. The first-order valence-corrected chi connectivity index (χ1v) is 9.22. The van der Waals surface area contributed by atoms with Crippen LogP contribution < -0.4 is 20.5 Å². The van der Waals surface area contributed by atoms with Crippen LogP contribution in [0.5, 0.6) is 11.5 Å². The molecule has 0 fully saturated rings. The summed E-state index contributed by atoms with van der Waals surface area (Å²) < 4.78 is 15.5. The van der Waals surface area contributed by atoms with Crippen molar-refractivity contribution in [2.75, 3.05) is 32.8 Å². The van der Waals surface area contributed by atoms with Crippen molar-refractivity contribution >= 4 is 33.8 Å². The van der Waals surface area contributed by atoms with E-state index >= 15 is 0 Å². The number of hydrogen-bond acceptors (Lipinski definition) is 8. The summed E-state index contributed by atoms with van der Waals surface area (Å²) in [5.74, 6) is -1.22. The summed E-state index contributed by atoms with van der Waals surface area (Å²) in [6.45, 7) is 3.90. The number of benzene rings is 1. The number of thiophene rings is 1. The molecule has 1 heterocycles. The Balaban J connectivity index is 2.45. The van der Waals surface area contributed by atoms with Crippen LogP contribution in [0.15, 0.2) is 12.1 Å². The molecule has 3 N–H and O–H groups in total. The maximum atomic E-state index is 12.8. The van der Waals surface area contributed by atoms with Gasteiger partial charge >= 0.3 is 0 Å². The predicted octanol–water partition coefficient (Wildman–Crippen LogP) is 2.66. The van der Waals surface area contributed by atoms with E-state index in [-0.39, 0.29) is 40.8 Å². The molecule has 0 saturated carbocycles. The van der Waals surface area contributed by atoms with Crippen molar-refractivity contribution in [1.29, 1.82) is 0 Å². The molecule has 0 unspecified atom stereocenters. The van der Waals surface area contributed by atoms with Crippen molar-refractivity contribution in [2.45, 2.75) is 13.8 Å². The minimum Gasteiger partial charge on any atom is -0.493 e. The van der Waals surface area contributed by atoms with Gasteiger partial charge in [-0.25, -0.2) is 0 Å². The van der Waals surface area contributed by atoms with Crippen LogP contribution in [-0.4, -0.2) is 44.2 Å². The number of ether oxygens (including phenoxy) is 3. The molecule has 10 nitrogen and oxygen atoms in total. The van der Waals surface area contributed by atoms with Crippen LogP contribution in [0.4, 0.5) is 10.7 Å². The molecule has 2 rings (SSSR count). The molecule has 0 radical (unpaired) electrons. The number of hydrogen-bond donors (Lipinski definition) is 2. The third kappa shape index (κ3) is 4.81. The van der Waals surface area contributed by atoms with Gasteiger partial charge in [-0.15, -0.1) is 11.3 Å².